The number of rotatable bonds is 5. The number of aromatic nitrogens is 1. The van der Waals surface area contributed by atoms with Gasteiger partial charge < -0.3 is 14.7 Å². The highest BCUT2D eigenvalue weighted by Gasteiger charge is 2.30. The van der Waals surface area contributed by atoms with E-state index in [1.165, 1.54) is 21.8 Å². The fraction of sp³-hybridized carbons (Fsp3) is 0.353. The Labute approximate surface area is 143 Å². The van der Waals surface area contributed by atoms with Crippen molar-refractivity contribution in [3.63, 3.8) is 0 Å². The summed E-state index contributed by atoms with van der Waals surface area (Å²) in [6.45, 7) is 0.679. The number of benzene rings is 1. The van der Waals surface area contributed by atoms with Crippen molar-refractivity contribution in [2.75, 3.05) is 19.7 Å². The van der Waals surface area contributed by atoms with Gasteiger partial charge in [-0.3, -0.25) is 4.79 Å². The number of carbonyl (C=O) groups is 2. The SMILES string of the molecule is O=C(O)C1CN(C(=O)c2csc(CCc3ccccc3)n2)CCO1. The average Bonchev–Trinajstić information content (AvgIpc) is 3.09. The molecular formula is C17H18N2O4S. The largest absolute Gasteiger partial charge is 0.479 e. The van der Waals surface area contributed by atoms with Gasteiger partial charge in [-0.1, -0.05) is 30.3 Å². The van der Waals surface area contributed by atoms with Crippen LogP contribution in [0, 0.1) is 0 Å². The van der Waals surface area contributed by atoms with Gasteiger partial charge in [-0.15, -0.1) is 11.3 Å². The van der Waals surface area contributed by atoms with Crippen LogP contribution in [0.2, 0.25) is 0 Å². The molecule has 1 saturated heterocycles. The van der Waals surface area contributed by atoms with Gasteiger partial charge in [0.1, 0.15) is 5.69 Å². The summed E-state index contributed by atoms with van der Waals surface area (Å²) in [5.74, 6) is -1.28. The maximum atomic E-state index is 12.5. The van der Waals surface area contributed by atoms with Gasteiger partial charge >= 0.3 is 5.97 Å². The lowest BCUT2D eigenvalue weighted by atomic mass is 10.1. The van der Waals surface area contributed by atoms with Gasteiger partial charge in [0, 0.05) is 18.3 Å². The van der Waals surface area contributed by atoms with Crippen LogP contribution in [0.5, 0.6) is 0 Å². The molecule has 7 heteroatoms. The summed E-state index contributed by atoms with van der Waals surface area (Å²) < 4.78 is 5.14. The van der Waals surface area contributed by atoms with Crippen molar-refractivity contribution in [1.29, 1.82) is 0 Å². The minimum atomic E-state index is -1.05. The highest BCUT2D eigenvalue weighted by molar-refractivity contribution is 7.09. The van der Waals surface area contributed by atoms with Crippen LogP contribution in [-0.2, 0) is 22.4 Å². The van der Waals surface area contributed by atoms with Crippen LogP contribution in [0.1, 0.15) is 21.1 Å². The van der Waals surface area contributed by atoms with Gasteiger partial charge in [0.05, 0.1) is 18.2 Å². The first-order valence-electron chi connectivity index (χ1n) is 7.75. The zero-order valence-electron chi connectivity index (χ0n) is 13.1. The second-order valence-electron chi connectivity index (χ2n) is 5.56. The molecule has 2 heterocycles. The Balaban J connectivity index is 1.60. The normalized spacial score (nSPS) is 17.7. The molecule has 2 aromatic rings. The molecule has 0 saturated carbocycles. The summed E-state index contributed by atoms with van der Waals surface area (Å²) in [4.78, 5) is 29.4. The number of carboxylic acid groups (broad SMARTS) is 1. The maximum Gasteiger partial charge on any atom is 0.334 e. The van der Waals surface area contributed by atoms with Gasteiger partial charge in [-0.2, -0.15) is 0 Å². The molecule has 1 atom stereocenters. The topological polar surface area (TPSA) is 79.7 Å². The van der Waals surface area contributed by atoms with Gasteiger partial charge in [-0.25, -0.2) is 9.78 Å². The first-order chi connectivity index (χ1) is 11.6. The number of amides is 1. The molecule has 1 aromatic carbocycles. The number of ether oxygens (including phenoxy) is 1. The Morgan fingerprint density at radius 2 is 2.08 bits per heavy atom. The molecule has 1 N–H and O–H groups in total. The lowest BCUT2D eigenvalue weighted by Gasteiger charge is -2.30. The lowest BCUT2D eigenvalue weighted by Crippen LogP contribution is -2.48. The van der Waals surface area contributed by atoms with E-state index in [0.717, 1.165) is 17.8 Å². The Morgan fingerprint density at radius 3 is 2.83 bits per heavy atom. The van der Waals surface area contributed by atoms with E-state index in [4.69, 9.17) is 9.84 Å². The van der Waals surface area contributed by atoms with Crippen molar-refractivity contribution in [2.24, 2.45) is 0 Å². The summed E-state index contributed by atoms with van der Waals surface area (Å²) in [5, 5.41) is 11.7. The second-order valence-corrected chi connectivity index (χ2v) is 6.50. The smallest absolute Gasteiger partial charge is 0.334 e. The van der Waals surface area contributed by atoms with Crippen LogP contribution in [0.3, 0.4) is 0 Å². The molecule has 1 fully saturated rings. The summed E-state index contributed by atoms with van der Waals surface area (Å²) in [6, 6.07) is 10.1. The minimum absolute atomic E-state index is 0.0606. The van der Waals surface area contributed by atoms with Crippen molar-refractivity contribution >= 4 is 23.2 Å². The number of morpholine rings is 1. The molecule has 0 aliphatic carbocycles. The number of carbonyl (C=O) groups excluding carboxylic acids is 1. The number of aliphatic carboxylic acids is 1. The van der Waals surface area contributed by atoms with E-state index in [9.17, 15) is 9.59 Å². The first kappa shape index (κ1) is 16.6. The van der Waals surface area contributed by atoms with Crippen molar-refractivity contribution in [2.45, 2.75) is 18.9 Å². The number of nitrogens with zero attached hydrogens (tertiary/aromatic N) is 2. The van der Waals surface area contributed by atoms with E-state index in [-0.39, 0.29) is 19.1 Å². The number of carboxylic acids is 1. The lowest BCUT2D eigenvalue weighted by molar-refractivity contribution is -0.154. The fourth-order valence-corrected chi connectivity index (χ4v) is 3.34. The van der Waals surface area contributed by atoms with Gasteiger partial charge in [0.15, 0.2) is 6.10 Å². The van der Waals surface area contributed by atoms with Gasteiger partial charge in [-0.05, 0) is 12.0 Å². The van der Waals surface area contributed by atoms with Crippen LogP contribution in [0.15, 0.2) is 35.7 Å². The zero-order chi connectivity index (χ0) is 16.9. The van der Waals surface area contributed by atoms with Crippen LogP contribution in [-0.4, -0.2) is 52.7 Å². The molecule has 0 bridgehead atoms. The molecule has 1 unspecified atom stereocenters. The zero-order valence-corrected chi connectivity index (χ0v) is 13.9. The van der Waals surface area contributed by atoms with Crippen LogP contribution in [0.25, 0.3) is 0 Å². The van der Waals surface area contributed by atoms with Crippen molar-refractivity contribution in [3.8, 4) is 0 Å². The van der Waals surface area contributed by atoms with E-state index in [2.05, 4.69) is 17.1 Å². The Morgan fingerprint density at radius 1 is 1.29 bits per heavy atom. The molecule has 126 valence electrons. The molecule has 1 aliphatic heterocycles. The van der Waals surface area contributed by atoms with Crippen molar-refractivity contribution in [3.05, 3.63) is 52.0 Å². The van der Waals surface area contributed by atoms with Crippen LogP contribution < -0.4 is 0 Å². The Bertz CT molecular complexity index is 716. The molecular weight excluding hydrogens is 328 g/mol. The van der Waals surface area contributed by atoms with E-state index in [0.29, 0.717) is 12.2 Å². The molecule has 1 aromatic heterocycles. The van der Waals surface area contributed by atoms with Gasteiger partial charge in [0.2, 0.25) is 0 Å². The summed E-state index contributed by atoms with van der Waals surface area (Å²) in [6.07, 6.45) is 0.697. The predicted molar refractivity (Wildman–Crippen MR) is 89.2 cm³/mol. The molecule has 24 heavy (non-hydrogen) atoms. The monoisotopic (exact) mass is 346 g/mol. The Hall–Kier alpha value is -2.25. The van der Waals surface area contributed by atoms with E-state index >= 15 is 0 Å². The number of hydrogen-bond acceptors (Lipinski definition) is 5. The second kappa shape index (κ2) is 7.55. The standard InChI is InChI=1S/C17H18N2O4S/c20-16(19-8-9-23-14(10-19)17(21)22)13-11-24-15(18-13)7-6-12-4-2-1-3-5-12/h1-5,11,14H,6-10H2,(H,21,22). The molecule has 3 rings (SSSR count). The van der Waals surface area contributed by atoms with Crippen molar-refractivity contribution < 1.29 is 19.4 Å². The molecule has 0 radical (unpaired) electrons. The molecule has 0 spiro atoms. The Kier molecular flexibility index (Phi) is 5.22. The first-order valence-corrected chi connectivity index (χ1v) is 8.63. The van der Waals surface area contributed by atoms with Crippen molar-refractivity contribution in [1.82, 2.24) is 9.88 Å². The minimum Gasteiger partial charge on any atom is -0.479 e. The fourth-order valence-electron chi connectivity index (χ4n) is 2.57. The third kappa shape index (κ3) is 3.98. The van der Waals surface area contributed by atoms with E-state index in [1.54, 1.807) is 5.38 Å². The summed E-state index contributed by atoms with van der Waals surface area (Å²) in [7, 11) is 0. The van der Waals surface area contributed by atoms with E-state index in [1.807, 2.05) is 18.2 Å². The summed E-state index contributed by atoms with van der Waals surface area (Å²) >= 11 is 1.46. The maximum absolute atomic E-state index is 12.5. The molecule has 1 amide bonds. The average molecular weight is 346 g/mol. The number of aryl methyl sites for hydroxylation is 2. The molecule has 1 aliphatic rings. The highest BCUT2D eigenvalue weighted by Crippen LogP contribution is 2.16. The number of thiazole rings is 1. The van der Waals surface area contributed by atoms with Gasteiger partial charge in [0.25, 0.3) is 5.91 Å². The number of hydrogen-bond donors (Lipinski definition) is 1. The quantitative estimate of drug-likeness (QED) is 0.894. The summed E-state index contributed by atoms with van der Waals surface area (Å²) in [5.41, 5.74) is 1.62. The van der Waals surface area contributed by atoms with Crippen LogP contribution in [0.4, 0.5) is 0 Å². The predicted octanol–water partition coefficient (Wildman–Crippen LogP) is 1.85. The third-order valence-corrected chi connectivity index (χ3v) is 4.78. The molecule has 6 nitrogen and oxygen atoms in total. The van der Waals surface area contributed by atoms with Crippen LogP contribution >= 0.6 is 11.3 Å². The highest BCUT2D eigenvalue weighted by atomic mass is 32.1. The third-order valence-electron chi connectivity index (χ3n) is 3.87. The van der Waals surface area contributed by atoms with E-state index < -0.39 is 12.1 Å².